The Hall–Kier alpha value is -1.45. The fourth-order valence-corrected chi connectivity index (χ4v) is 1.56. The average Bonchev–Trinajstić information content (AvgIpc) is 2.15. The van der Waals surface area contributed by atoms with Crippen molar-refractivity contribution >= 4 is 5.97 Å². The van der Waals surface area contributed by atoms with Gasteiger partial charge in [0.05, 0.1) is 5.57 Å². The average molecular weight is 210 g/mol. The van der Waals surface area contributed by atoms with Gasteiger partial charge in [-0.05, 0) is 26.8 Å². The first-order chi connectivity index (χ1) is 6.86. The second-order valence-electron chi connectivity index (χ2n) is 4.53. The van der Waals surface area contributed by atoms with Crippen molar-refractivity contribution in [3.63, 3.8) is 0 Å². The third-order valence-electron chi connectivity index (χ3n) is 2.39. The van der Waals surface area contributed by atoms with Crippen LogP contribution in [0.5, 0.6) is 0 Å². The smallest absolute Gasteiger partial charge is 0.335 e. The van der Waals surface area contributed by atoms with E-state index < -0.39 is 5.97 Å². The lowest BCUT2D eigenvalue weighted by molar-refractivity contribution is -0.132. The van der Waals surface area contributed by atoms with Crippen LogP contribution in [0, 0.1) is 0 Å². The maximum Gasteiger partial charge on any atom is 0.335 e. The molecule has 84 valence electrons. The molecule has 0 bridgehead atoms. The number of carboxylic acids is 1. The van der Waals surface area contributed by atoms with Crippen molar-refractivity contribution in [1.82, 2.24) is 10.2 Å². The zero-order chi connectivity index (χ0) is 11.6. The Morgan fingerprint density at radius 2 is 2.13 bits per heavy atom. The summed E-state index contributed by atoms with van der Waals surface area (Å²) in [4.78, 5) is 12.9. The molecule has 0 spiro atoms. The van der Waals surface area contributed by atoms with Crippen LogP contribution in [0.4, 0.5) is 0 Å². The highest BCUT2D eigenvalue weighted by atomic mass is 16.4. The number of carboxylic acid groups (broad SMARTS) is 1. The van der Waals surface area contributed by atoms with E-state index in [2.05, 4.69) is 31.0 Å². The molecule has 1 rings (SSSR count). The van der Waals surface area contributed by atoms with Crippen molar-refractivity contribution in [2.24, 2.45) is 0 Å². The summed E-state index contributed by atoms with van der Waals surface area (Å²) < 4.78 is 0. The number of aliphatic carboxylic acids is 1. The first-order valence-corrected chi connectivity index (χ1v) is 4.97. The highest BCUT2D eigenvalue weighted by Crippen LogP contribution is 2.22. The molecule has 0 atom stereocenters. The number of hydrogen-bond donors (Lipinski definition) is 2. The zero-order valence-electron chi connectivity index (χ0n) is 9.66. The molecule has 4 heteroatoms. The molecule has 0 saturated carbocycles. The Kier molecular flexibility index (Phi) is 3.07. The number of hydrogen-bond acceptors (Lipinski definition) is 3. The van der Waals surface area contributed by atoms with Crippen LogP contribution in [0.3, 0.4) is 0 Å². The van der Waals surface area contributed by atoms with Crippen LogP contribution < -0.4 is 5.32 Å². The van der Waals surface area contributed by atoms with Crippen LogP contribution in [0.1, 0.15) is 20.8 Å². The maximum atomic E-state index is 10.8. The Labute approximate surface area is 90.3 Å². The second kappa shape index (κ2) is 3.96. The number of nitrogens with one attached hydrogen (secondary N) is 1. The summed E-state index contributed by atoms with van der Waals surface area (Å²) in [6, 6.07) is 0. The van der Waals surface area contributed by atoms with E-state index >= 15 is 0 Å². The zero-order valence-corrected chi connectivity index (χ0v) is 9.66. The topological polar surface area (TPSA) is 52.6 Å². The highest BCUT2D eigenvalue weighted by molar-refractivity contribution is 5.90. The van der Waals surface area contributed by atoms with Gasteiger partial charge in [-0.2, -0.15) is 0 Å². The summed E-state index contributed by atoms with van der Waals surface area (Å²) >= 11 is 0. The SMILES string of the molecule is CNC1=CC(C(=O)O)=CCN1C(C)(C)C. The molecule has 0 aromatic heterocycles. The van der Waals surface area contributed by atoms with Gasteiger partial charge in [0.2, 0.25) is 0 Å². The Balaban J connectivity index is 2.96. The van der Waals surface area contributed by atoms with Crippen LogP contribution in [0.2, 0.25) is 0 Å². The molecule has 0 aromatic carbocycles. The Morgan fingerprint density at radius 1 is 1.53 bits per heavy atom. The molecule has 1 aliphatic heterocycles. The van der Waals surface area contributed by atoms with Gasteiger partial charge >= 0.3 is 5.97 Å². The third-order valence-corrected chi connectivity index (χ3v) is 2.39. The molecule has 15 heavy (non-hydrogen) atoms. The van der Waals surface area contributed by atoms with E-state index in [-0.39, 0.29) is 5.54 Å². The van der Waals surface area contributed by atoms with E-state index in [0.29, 0.717) is 12.1 Å². The molecule has 0 unspecified atom stereocenters. The lowest BCUT2D eigenvalue weighted by Gasteiger charge is -2.40. The molecule has 0 aromatic rings. The largest absolute Gasteiger partial charge is 0.478 e. The first kappa shape index (κ1) is 11.6. The number of carbonyl (C=O) groups is 1. The van der Waals surface area contributed by atoms with Crippen molar-refractivity contribution in [2.45, 2.75) is 26.3 Å². The molecule has 0 saturated heterocycles. The summed E-state index contributed by atoms with van der Waals surface area (Å²) in [5.41, 5.74) is 0.329. The number of nitrogens with zero attached hydrogens (tertiary/aromatic N) is 1. The predicted octanol–water partition coefficient (Wildman–Crippen LogP) is 1.17. The number of rotatable bonds is 2. The normalized spacial score (nSPS) is 16.9. The van der Waals surface area contributed by atoms with Gasteiger partial charge in [0.25, 0.3) is 0 Å². The molecule has 4 nitrogen and oxygen atoms in total. The summed E-state index contributed by atoms with van der Waals surface area (Å²) in [7, 11) is 1.80. The summed E-state index contributed by atoms with van der Waals surface area (Å²) in [6.07, 6.45) is 3.39. The minimum absolute atomic E-state index is 0.0185. The quantitative estimate of drug-likeness (QED) is 0.718. The van der Waals surface area contributed by atoms with Gasteiger partial charge in [-0.3, -0.25) is 0 Å². The van der Waals surface area contributed by atoms with Crippen molar-refractivity contribution < 1.29 is 9.90 Å². The second-order valence-corrected chi connectivity index (χ2v) is 4.53. The molecule has 2 N–H and O–H groups in total. The van der Waals surface area contributed by atoms with Crippen LogP contribution >= 0.6 is 0 Å². The van der Waals surface area contributed by atoms with Gasteiger partial charge in [0.1, 0.15) is 5.82 Å². The van der Waals surface area contributed by atoms with E-state index in [1.807, 2.05) is 0 Å². The Morgan fingerprint density at radius 3 is 2.53 bits per heavy atom. The van der Waals surface area contributed by atoms with E-state index in [9.17, 15) is 4.79 Å². The van der Waals surface area contributed by atoms with E-state index in [1.165, 1.54) is 0 Å². The first-order valence-electron chi connectivity index (χ1n) is 4.97. The van der Waals surface area contributed by atoms with E-state index in [0.717, 1.165) is 5.82 Å². The fraction of sp³-hybridized carbons (Fsp3) is 0.545. The van der Waals surface area contributed by atoms with Crippen LogP contribution in [-0.2, 0) is 4.79 Å². The molecule has 0 radical (unpaired) electrons. The molecular weight excluding hydrogens is 192 g/mol. The van der Waals surface area contributed by atoms with Gasteiger partial charge in [0.15, 0.2) is 0 Å². The minimum atomic E-state index is -0.878. The monoisotopic (exact) mass is 210 g/mol. The van der Waals surface area contributed by atoms with Gasteiger partial charge in [-0.15, -0.1) is 0 Å². The van der Waals surface area contributed by atoms with Crippen molar-refractivity contribution in [1.29, 1.82) is 0 Å². The van der Waals surface area contributed by atoms with Gasteiger partial charge in [0, 0.05) is 19.1 Å². The van der Waals surface area contributed by atoms with E-state index in [4.69, 9.17) is 5.11 Å². The third kappa shape index (κ3) is 2.52. The van der Waals surface area contributed by atoms with Crippen LogP contribution in [0.25, 0.3) is 0 Å². The lowest BCUT2D eigenvalue weighted by Crippen LogP contribution is -2.45. The summed E-state index contributed by atoms with van der Waals surface area (Å²) in [6.45, 7) is 6.91. The standard InChI is InChI=1S/C11H18N2O2/c1-11(2,3)13-6-5-8(10(14)15)7-9(13)12-4/h5,7,12H,6H2,1-4H3,(H,14,15). The fourth-order valence-electron chi connectivity index (χ4n) is 1.56. The lowest BCUT2D eigenvalue weighted by atomic mass is 10.0. The summed E-state index contributed by atoms with van der Waals surface area (Å²) in [5.74, 6) is -0.0290. The highest BCUT2D eigenvalue weighted by Gasteiger charge is 2.25. The van der Waals surface area contributed by atoms with Crippen LogP contribution in [0.15, 0.2) is 23.5 Å². The molecule has 0 amide bonds. The predicted molar refractivity (Wildman–Crippen MR) is 59.3 cm³/mol. The maximum absolute atomic E-state index is 10.8. The Bertz CT molecular complexity index is 324. The van der Waals surface area contributed by atoms with Gasteiger partial charge in [-0.1, -0.05) is 6.08 Å². The van der Waals surface area contributed by atoms with Gasteiger partial charge < -0.3 is 15.3 Å². The molecular formula is C11H18N2O2. The molecule has 1 heterocycles. The molecule has 0 fully saturated rings. The van der Waals surface area contributed by atoms with Crippen molar-refractivity contribution in [3.8, 4) is 0 Å². The van der Waals surface area contributed by atoms with Crippen molar-refractivity contribution in [2.75, 3.05) is 13.6 Å². The summed E-state index contributed by atoms with van der Waals surface area (Å²) in [5, 5.41) is 11.9. The van der Waals surface area contributed by atoms with Crippen molar-refractivity contribution in [3.05, 3.63) is 23.5 Å². The van der Waals surface area contributed by atoms with Gasteiger partial charge in [-0.25, -0.2) is 4.79 Å². The molecule has 0 aliphatic carbocycles. The minimum Gasteiger partial charge on any atom is -0.478 e. The van der Waals surface area contributed by atoms with Crippen LogP contribution in [-0.4, -0.2) is 35.1 Å². The van der Waals surface area contributed by atoms with E-state index in [1.54, 1.807) is 19.2 Å². The molecule has 1 aliphatic rings.